The van der Waals surface area contributed by atoms with Crippen LogP contribution in [-0.4, -0.2) is 34.0 Å². The molecule has 0 radical (unpaired) electrons. The van der Waals surface area contributed by atoms with E-state index in [1.807, 2.05) is 37.3 Å². The molecular weight excluding hydrogens is 336 g/mol. The molecule has 5 nitrogen and oxygen atoms in total. The third kappa shape index (κ3) is 8.94. The molecule has 0 aromatic heterocycles. The minimum absolute atomic E-state index is 0.412. The van der Waals surface area contributed by atoms with Crippen molar-refractivity contribution < 1.29 is 22.8 Å². The zero-order valence-electron chi connectivity index (χ0n) is 15.9. The maximum atomic E-state index is 10.5. The Bertz CT molecular complexity index is 417. The van der Waals surface area contributed by atoms with Crippen molar-refractivity contribution in [3.63, 3.8) is 0 Å². The predicted molar refractivity (Wildman–Crippen MR) is 101 cm³/mol. The monoisotopic (exact) mass is 370 g/mol. The van der Waals surface area contributed by atoms with E-state index in [2.05, 4.69) is 13.8 Å². The average Bonchev–Trinajstić information content (AvgIpc) is 2.63. The van der Waals surface area contributed by atoms with Crippen molar-refractivity contribution in [2.24, 2.45) is 0 Å². The predicted octanol–water partition coefficient (Wildman–Crippen LogP) is 4.58. The van der Waals surface area contributed by atoms with Crippen LogP contribution in [0.5, 0.6) is 0 Å². The fourth-order valence-corrected chi connectivity index (χ4v) is 4.33. The first kappa shape index (κ1) is 22.3. The topological polar surface area (TPSA) is 57.2 Å². The Kier molecular flexibility index (Phi) is 12.0. The van der Waals surface area contributed by atoms with Gasteiger partial charge >= 0.3 is 9.05 Å². The molecule has 144 valence electrons. The number of aliphatic hydroxyl groups is 1. The zero-order chi connectivity index (χ0) is 18.4. The number of benzene rings is 1. The van der Waals surface area contributed by atoms with E-state index in [-0.39, 0.29) is 0 Å². The summed E-state index contributed by atoms with van der Waals surface area (Å²) >= 11 is 0. The first-order valence-corrected chi connectivity index (χ1v) is 11.1. The lowest BCUT2D eigenvalue weighted by molar-refractivity contribution is -0.124. The summed E-state index contributed by atoms with van der Waals surface area (Å²) in [5, 5.41) is 10.5. The van der Waals surface area contributed by atoms with Crippen LogP contribution in [0.4, 0.5) is 0 Å². The fraction of sp³-hybridized carbons (Fsp3) is 0.684. The van der Waals surface area contributed by atoms with Crippen molar-refractivity contribution in [3.8, 4) is 0 Å². The lowest BCUT2D eigenvalue weighted by Gasteiger charge is -2.30. The summed E-state index contributed by atoms with van der Waals surface area (Å²) in [4.78, 5) is 0. The summed E-state index contributed by atoms with van der Waals surface area (Å²) in [5.74, 6) is 0. The molecule has 1 rings (SSSR count). The lowest BCUT2D eigenvalue weighted by atomic mass is 10.2. The van der Waals surface area contributed by atoms with Gasteiger partial charge in [-0.1, -0.05) is 69.9 Å². The number of hydrogen-bond acceptors (Lipinski definition) is 5. The second-order valence-electron chi connectivity index (χ2n) is 5.93. The van der Waals surface area contributed by atoms with Crippen LogP contribution in [0.15, 0.2) is 30.3 Å². The third-order valence-corrected chi connectivity index (χ3v) is 5.98. The molecule has 25 heavy (non-hydrogen) atoms. The Morgan fingerprint density at radius 3 is 1.88 bits per heavy atom. The van der Waals surface area contributed by atoms with Crippen molar-refractivity contribution >= 4 is 9.05 Å². The molecular formula is C19H34O5Si. The smallest absolute Gasteiger partial charge is 0.365 e. The number of unbranched alkanes of at least 4 members (excludes halogenated alkanes) is 4. The van der Waals surface area contributed by atoms with Crippen molar-refractivity contribution in [3.05, 3.63) is 35.9 Å². The van der Waals surface area contributed by atoms with Crippen LogP contribution in [0.2, 0.25) is 0 Å². The van der Waals surface area contributed by atoms with E-state index in [1.165, 1.54) is 0 Å². The van der Waals surface area contributed by atoms with E-state index in [0.29, 0.717) is 25.4 Å². The highest BCUT2D eigenvalue weighted by atomic mass is 28.4. The summed E-state index contributed by atoms with van der Waals surface area (Å²) in [7, 11) is -3.39. The van der Waals surface area contributed by atoms with Gasteiger partial charge in [0.25, 0.3) is 0 Å². The van der Waals surface area contributed by atoms with E-state index in [0.717, 1.165) is 38.5 Å². The van der Waals surface area contributed by atoms with E-state index in [9.17, 15) is 5.11 Å². The Morgan fingerprint density at radius 2 is 1.40 bits per heavy atom. The van der Waals surface area contributed by atoms with Gasteiger partial charge in [-0.2, -0.15) is 0 Å². The van der Waals surface area contributed by atoms with Gasteiger partial charge in [0, 0.05) is 25.4 Å². The van der Waals surface area contributed by atoms with E-state index in [4.69, 9.17) is 17.7 Å². The third-order valence-electron chi connectivity index (χ3n) is 3.72. The normalized spacial score (nSPS) is 13.1. The largest absolute Gasteiger partial charge is 0.681 e. The van der Waals surface area contributed by atoms with Crippen LogP contribution in [0.3, 0.4) is 0 Å². The summed E-state index contributed by atoms with van der Waals surface area (Å²) in [5.41, 5.74) is 0.661. The molecule has 0 amide bonds. The molecule has 1 aromatic rings. The van der Waals surface area contributed by atoms with Crippen LogP contribution < -0.4 is 0 Å². The molecule has 0 fully saturated rings. The summed E-state index contributed by atoms with van der Waals surface area (Å²) in [6.45, 7) is 7.60. The van der Waals surface area contributed by atoms with Gasteiger partial charge in [0.15, 0.2) is 6.29 Å². The molecule has 0 heterocycles. The molecule has 0 saturated heterocycles. The van der Waals surface area contributed by atoms with Crippen LogP contribution in [0, 0.1) is 0 Å². The van der Waals surface area contributed by atoms with Crippen molar-refractivity contribution in [1.82, 2.24) is 0 Å². The second-order valence-corrected chi connectivity index (χ2v) is 8.03. The van der Waals surface area contributed by atoms with Crippen molar-refractivity contribution in [2.75, 3.05) is 19.8 Å². The van der Waals surface area contributed by atoms with Crippen molar-refractivity contribution in [2.45, 2.75) is 65.6 Å². The maximum Gasteiger partial charge on any atom is 0.681 e. The molecule has 0 bridgehead atoms. The van der Waals surface area contributed by atoms with E-state index >= 15 is 0 Å². The van der Waals surface area contributed by atoms with Gasteiger partial charge in [0.05, 0.1) is 0 Å². The molecule has 0 aliphatic carbocycles. The van der Waals surface area contributed by atoms with Crippen LogP contribution in [0.25, 0.3) is 0 Å². The molecule has 0 aliphatic rings. The van der Waals surface area contributed by atoms with E-state index < -0.39 is 15.3 Å². The molecule has 0 aliphatic heterocycles. The van der Waals surface area contributed by atoms with Crippen molar-refractivity contribution in [1.29, 1.82) is 0 Å². The molecule has 1 atom stereocenters. The van der Waals surface area contributed by atoms with Gasteiger partial charge in [-0.25, -0.2) is 0 Å². The second kappa shape index (κ2) is 13.4. The highest BCUT2D eigenvalue weighted by Gasteiger charge is 2.47. The Hall–Kier alpha value is -0.763. The molecule has 1 N–H and O–H groups in total. The Labute approximate surface area is 153 Å². The molecule has 1 aromatic carbocycles. The molecule has 0 spiro atoms. The van der Waals surface area contributed by atoms with Gasteiger partial charge in [-0.3, -0.25) is 0 Å². The van der Waals surface area contributed by atoms with Gasteiger partial charge in [-0.15, -0.1) is 0 Å². The number of rotatable bonds is 15. The first-order valence-electron chi connectivity index (χ1n) is 9.50. The van der Waals surface area contributed by atoms with Crippen LogP contribution in [0.1, 0.15) is 71.1 Å². The maximum absolute atomic E-state index is 10.5. The highest BCUT2D eigenvalue weighted by Crippen LogP contribution is 2.23. The fourth-order valence-electron chi connectivity index (χ4n) is 2.32. The quantitative estimate of drug-likeness (QED) is 0.278. The Morgan fingerprint density at radius 1 is 0.840 bits per heavy atom. The average molecular weight is 371 g/mol. The van der Waals surface area contributed by atoms with Gasteiger partial charge < -0.3 is 22.8 Å². The highest BCUT2D eigenvalue weighted by molar-refractivity contribution is 6.53. The number of aliphatic hydroxyl groups excluding tert-OH is 1. The van der Waals surface area contributed by atoms with Gasteiger partial charge in [0.2, 0.25) is 0 Å². The lowest BCUT2D eigenvalue weighted by Crippen LogP contribution is -2.50. The van der Waals surface area contributed by atoms with Crippen LogP contribution in [-0.2, 0) is 17.7 Å². The minimum atomic E-state index is -3.39. The minimum Gasteiger partial charge on any atom is -0.365 e. The zero-order valence-corrected chi connectivity index (χ0v) is 16.9. The first-order chi connectivity index (χ1) is 12.2. The van der Waals surface area contributed by atoms with E-state index in [1.54, 1.807) is 0 Å². The summed E-state index contributed by atoms with van der Waals surface area (Å²) in [6.07, 6.45) is 5.08. The standard InChI is InChI=1S/C19H34O5Si/c1-4-7-12-16-22-25(21-6-3,23-17-13-8-5-2)24-19(20)18-14-10-9-11-15-18/h9-11,14-15,19-20H,4-8,12-13,16-17H2,1-3H3. The van der Waals surface area contributed by atoms with Gasteiger partial charge in [0.1, 0.15) is 0 Å². The molecule has 1 unspecified atom stereocenters. The molecule has 6 heteroatoms. The SMILES string of the molecule is CCCCCO[Si](OCC)(OCCCCC)OC(O)c1ccccc1. The Balaban J connectivity index is 2.76. The van der Waals surface area contributed by atoms with Crippen LogP contribution >= 0.6 is 0 Å². The van der Waals surface area contributed by atoms with Gasteiger partial charge in [-0.05, 0) is 19.8 Å². The summed E-state index contributed by atoms with van der Waals surface area (Å²) in [6, 6.07) is 9.23. The molecule has 0 saturated carbocycles. The number of hydrogen-bond donors (Lipinski definition) is 1. The summed E-state index contributed by atoms with van der Waals surface area (Å²) < 4.78 is 23.6.